The molecule has 0 bridgehead atoms. The van der Waals surface area contributed by atoms with E-state index in [1.165, 1.54) is 11.3 Å². The van der Waals surface area contributed by atoms with E-state index < -0.39 is 0 Å². The minimum atomic E-state index is -0.325. The molecule has 1 aromatic heterocycles. The van der Waals surface area contributed by atoms with E-state index >= 15 is 0 Å². The number of carbonyl (C=O) groups is 2. The third-order valence-corrected chi connectivity index (χ3v) is 5.45. The van der Waals surface area contributed by atoms with Crippen molar-refractivity contribution in [2.75, 3.05) is 6.54 Å². The van der Waals surface area contributed by atoms with Gasteiger partial charge in [0.15, 0.2) is 5.78 Å². The fourth-order valence-electron chi connectivity index (χ4n) is 2.90. The van der Waals surface area contributed by atoms with Crippen molar-refractivity contribution in [3.05, 3.63) is 93.7 Å². The molecule has 132 valence electrons. The third kappa shape index (κ3) is 4.46. The maximum absolute atomic E-state index is 12.9. The summed E-state index contributed by atoms with van der Waals surface area (Å²) >= 11 is 1.49. The Morgan fingerprint density at radius 2 is 1.46 bits per heavy atom. The molecule has 2 aromatic carbocycles. The first-order valence-corrected chi connectivity index (χ1v) is 9.44. The van der Waals surface area contributed by atoms with Gasteiger partial charge in [0.25, 0.3) is 0 Å². The third-order valence-electron chi connectivity index (χ3n) is 4.21. The van der Waals surface area contributed by atoms with E-state index in [0.29, 0.717) is 6.54 Å². The molecule has 1 amide bonds. The predicted octanol–water partition coefficient (Wildman–Crippen LogP) is 4.44. The molecule has 0 atom stereocenters. The van der Waals surface area contributed by atoms with Gasteiger partial charge in [-0.25, -0.2) is 0 Å². The summed E-state index contributed by atoms with van der Waals surface area (Å²) in [5, 5.41) is 3.05. The fraction of sp³-hybridized carbons (Fsp3) is 0.182. The van der Waals surface area contributed by atoms with Gasteiger partial charge in [-0.05, 0) is 36.6 Å². The Morgan fingerprint density at radius 1 is 0.885 bits per heavy atom. The van der Waals surface area contributed by atoms with Gasteiger partial charge < -0.3 is 5.32 Å². The van der Waals surface area contributed by atoms with Crippen molar-refractivity contribution >= 4 is 23.0 Å². The highest BCUT2D eigenvalue weighted by Crippen LogP contribution is 2.25. The standard InChI is InChI=1S/C22H21NO2S/c1-16(24)20-13-12-19(26-20)14-15-23-22(25)21(17-8-4-2-5-9-17)18-10-6-3-7-11-18/h2-13,21H,14-15H2,1H3,(H,23,25). The fourth-order valence-corrected chi connectivity index (χ4v) is 3.80. The largest absolute Gasteiger partial charge is 0.355 e. The van der Waals surface area contributed by atoms with Gasteiger partial charge in [0.1, 0.15) is 0 Å². The topological polar surface area (TPSA) is 46.2 Å². The first-order chi connectivity index (χ1) is 12.6. The highest BCUT2D eigenvalue weighted by molar-refractivity contribution is 7.14. The molecule has 3 aromatic rings. The second kappa shape index (κ2) is 8.59. The van der Waals surface area contributed by atoms with Crippen LogP contribution in [0.3, 0.4) is 0 Å². The zero-order valence-electron chi connectivity index (χ0n) is 14.6. The van der Waals surface area contributed by atoms with Crippen LogP contribution in [-0.2, 0) is 11.2 Å². The molecule has 0 aliphatic carbocycles. The Hall–Kier alpha value is -2.72. The molecule has 0 saturated heterocycles. The summed E-state index contributed by atoms with van der Waals surface area (Å²) in [5.74, 6) is -0.252. The number of hydrogen-bond acceptors (Lipinski definition) is 3. The van der Waals surface area contributed by atoms with Crippen molar-refractivity contribution in [3.8, 4) is 0 Å². The first kappa shape index (κ1) is 18.1. The van der Waals surface area contributed by atoms with Crippen molar-refractivity contribution in [2.24, 2.45) is 0 Å². The van der Waals surface area contributed by atoms with E-state index in [9.17, 15) is 9.59 Å². The molecular weight excluding hydrogens is 342 g/mol. The molecule has 0 radical (unpaired) electrons. The maximum Gasteiger partial charge on any atom is 0.232 e. The Balaban J connectivity index is 1.69. The number of Topliss-reactive ketones (excluding diaryl/α,β-unsaturated/α-hetero) is 1. The summed E-state index contributed by atoms with van der Waals surface area (Å²) in [6.45, 7) is 2.12. The van der Waals surface area contributed by atoms with Gasteiger partial charge >= 0.3 is 0 Å². The Bertz CT molecular complexity index is 832. The number of amides is 1. The lowest BCUT2D eigenvalue weighted by Crippen LogP contribution is -2.31. The number of carbonyl (C=O) groups excluding carboxylic acids is 2. The van der Waals surface area contributed by atoms with Crippen LogP contribution in [0.2, 0.25) is 0 Å². The van der Waals surface area contributed by atoms with Gasteiger partial charge in [0.2, 0.25) is 5.91 Å². The number of rotatable bonds is 7. The second-order valence-corrected chi connectivity index (χ2v) is 7.29. The van der Waals surface area contributed by atoms with E-state index in [4.69, 9.17) is 0 Å². The van der Waals surface area contributed by atoms with Crippen LogP contribution in [0.25, 0.3) is 0 Å². The molecule has 0 fully saturated rings. The summed E-state index contributed by atoms with van der Waals surface area (Å²) in [6.07, 6.45) is 0.722. The molecule has 3 rings (SSSR count). The Labute approximate surface area is 157 Å². The molecule has 0 aliphatic heterocycles. The van der Waals surface area contributed by atoms with Crippen molar-refractivity contribution in [3.63, 3.8) is 0 Å². The number of thiophene rings is 1. The highest BCUT2D eigenvalue weighted by Gasteiger charge is 2.22. The van der Waals surface area contributed by atoms with Crippen LogP contribution in [-0.4, -0.2) is 18.2 Å². The van der Waals surface area contributed by atoms with Crippen molar-refractivity contribution < 1.29 is 9.59 Å². The summed E-state index contributed by atoms with van der Waals surface area (Å²) < 4.78 is 0. The van der Waals surface area contributed by atoms with Crippen LogP contribution in [0, 0.1) is 0 Å². The number of hydrogen-bond donors (Lipinski definition) is 1. The summed E-state index contributed by atoms with van der Waals surface area (Å²) in [7, 11) is 0. The lowest BCUT2D eigenvalue weighted by molar-refractivity contribution is -0.121. The molecule has 1 N–H and O–H groups in total. The van der Waals surface area contributed by atoms with Crippen LogP contribution in [0.5, 0.6) is 0 Å². The van der Waals surface area contributed by atoms with Crippen LogP contribution >= 0.6 is 11.3 Å². The van der Waals surface area contributed by atoms with Gasteiger partial charge in [0.05, 0.1) is 10.8 Å². The highest BCUT2D eigenvalue weighted by atomic mass is 32.1. The smallest absolute Gasteiger partial charge is 0.232 e. The Kier molecular flexibility index (Phi) is 5.97. The van der Waals surface area contributed by atoms with E-state index in [2.05, 4.69) is 5.32 Å². The van der Waals surface area contributed by atoms with Crippen molar-refractivity contribution in [2.45, 2.75) is 19.3 Å². The van der Waals surface area contributed by atoms with E-state index in [1.54, 1.807) is 6.92 Å². The minimum absolute atomic E-state index is 0.00857. The molecule has 26 heavy (non-hydrogen) atoms. The molecule has 4 heteroatoms. The molecule has 3 nitrogen and oxygen atoms in total. The number of nitrogens with one attached hydrogen (secondary N) is 1. The normalized spacial score (nSPS) is 10.7. The van der Waals surface area contributed by atoms with E-state index in [1.807, 2.05) is 72.8 Å². The second-order valence-electron chi connectivity index (χ2n) is 6.12. The monoisotopic (exact) mass is 363 g/mol. The average Bonchev–Trinajstić information content (AvgIpc) is 3.13. The van der Waals surface area contributed by atoms with Crippen LogP contribution in [0.15, 0.2) is 72.8 Å². The lowest BCUT2D eigenvalue weighted by atomic mass is 9.90. The minimum Gasteiger partial charge on any atom is -0.355 e. The quantitative estimate of drug-likeness (QED) is 0.631. The van der Waals surface area contributed by atoms with Crippen LogP contribution in [0.1, 0.15) is 38.5 Å². The van der Waals surface area contributed by atoms with Gasteiger partial charge in [-0.2, -0.15) is 0 Å². The van der Waals surface area contributed by atoms with E-state index in [0.717, 1.165) is 27.3 Å². The van der Waals surface area contributed by atoms with Crippen LogP contribution in [0.4, 0.5) is 0 Å². The van der Waals surface area contributed by atoms with Gasteiger partial charge in [-0.1, -0.05) is 60.7 Å². The molecule has 0 aliphatic rings. The van der Waals surface area contributed by atoms with Crippen molar-refractivity contribution in [1.29, 1.82) is 0 Å². The lowest BCUT2D eigenvalue weighted by Gasteiger charge is -2.17. The van der Waals surface area contributed by atoms with E-state index in [-0.39, 0.29) is 17.6 Å². The zero-order chi connectivity index (χ0) is 18.4. The SMILES string of the molecule is CC(=O)c1ccc(CCNC(=O)C(c2ccccc2)c2ccccc2)s1. The zero-order valence-corrected chi connectivity index (χ0v) is 15.5. The molecule has 0 unspecified atom stereocenters. The Morgan fingerprint density at radius 3 is 1.96 bits per heavy atom. The van der Waals surface area contributed by atoms with Crippen molar-refractivity contribution in [1.82, 2.24) is 5.32 Å². The number of benzene rings is 2. The summed E-state index contributed by atoms with van der Waals surface area (Å²) in [5.41, 5.74) is 1.96. The molecular formula is C22H21NO2S. The number of ketones is 1. The maximum atomic E-state index is 12.9. The summed E-state index contributed by atoms with van der Waals surface area (Å²) in [4.78, 5) is 26.1. The molecule has 0 spiro atoms. The van der Waals surface area contributed by atoms with Gasteiger partial charge in [-0.15, -0.1) is 11.3 Å². The summed E-state index contributed by atoms with van der Waals surface area (Å²) in [6, 6.07) is 23.4. The molecule has 0 saturated carbocycles. The molecule has 1 heterocycles. The van der Waals surface area contributed by atoms with Gasteiger partial charge in [-0.3, -0.25) is 9.59 Å². The average molecular weight is 363 g/mol. The first-order valence-electron chi connectivity index (χ1n) is 8.62. The predicted molar refractivity (Wildman–Crippen MR) is 106 cm³/mol. The van der Waals surface area contributed by atoms with Gasteiger partial charge in [0, 0.05) is 11.4 Å². The van der Waals surface area contributed by atoms with Crippen LogP contribution < -0.4 is 5.32 Å².